The molecule has 0 unspecified atom stereocenters. The van der Waals surface area contributed by atoms with Gasteiger partial charge in [0.25, 0.3) is 11.8 Å². The molecular formula is C31H32N4O5S. The minimum Gasteiger partial charge on any atom is -0.484 e. The van der Waals surface area contributed by atoms with E-state index >= 15 is 0 Å². The molecule has 0 radical (unpaired) electrons. The second-order valence-electron chi connectivity index (χ2n) is 9.79. The predicted molar refractivity (Wildman–Crippen MR) is 158 cm³/mol. The van der Waals surface area contributed by atoms with Crippen molar-refractivity contribution in [2.24, 2.45) is 5.10 Å². The molecule has 10 heteroatoms. The fraction of sp³-hybridized carbons (Fsp3) is 0.290. The van der Waals surface area contributed by atoms with E-state index < -0.39 is 0 Å². The first-order valence-electron chi connectivity index (χ1n) is 13.5. The molecule has 2 heterocycles. The lowest BCUT2D eigenvalue weighted by atomic mass is 10.1. The molecule has 2 aliphatic heterocycles. The Morgan fingerprint density at radius 1 is 1.05 bits per heavy atom. The number of amides is 3. The molecule has 2 fully saturated rings. The molecule has 0 aliphatic carbocycles. The van der Waals surface area contributed by atoms with Crippen LogP contribution in [0.15, 0.2) is 84.0 Å². The normalized spacial score (nSPS) is 18.5. The molecule has 0 aromatic heterocycles. The van der Waals surface area contributed by atoms with Gasteiger partial charge in [-0.2, -0.15) is 5.10 Å². The highest BCUT2D eigenvalue weighted by molar-refractivity contribution is 8.00. The minimum atomic E-state index is -0.335. The van der Waals surface area contributed by atoms with Gasteiger partial charge in [0.05, 0.1) is 18.1 Å². The molecule has 0 bridgehead atoms. The average Bonchev–Trinajstić information content (AvgIpc) is 3.66. The number of hydrogen-bond acceptors (Lipinski definition) is 7. The topological polar surface area (TPSA) is 109 Å². The molecule has 0 spiro atoms. The lowest BCUT2D eigenvalue weighted by Gasteiger charge is -2.24. The number of nitrogens with zero attached hydrogens (tertiary/aromatic N) is 2. The minimum absolute atomic E-state index is 0.0736. The fourth-order valence-corrected chi connectivity index (χ4v) is 5.78. The van der Waals surface area contributed by atoms with Crippen LogP contribution in [0.2, 0.25) is 0 Å². The summed E-state index contributed by atoms with van der Waals surface area (Å²) in [5.74, 6) is 0.575. The summed E-state index contributed by atoms with van der Waals surface area (Å²) in [5.41, 5.74) is 5.83. The number of hydrazone groups is 1. The summed E-state index contributed by atoms with van der Waals surface area (Å²) in [4.78, 5) is 39.0. The predicted octanol–water partition coefficient (Wildman–Crippen LogP) is 3.90. The first-order chi connectivity index (χ1) is 20.0. The van der Waals surface area contributed by atoms with Crippen LogP contribution in [0.1, 0.15) is 45.3 Å². The van der Waals surface area contributed by atoms with E-state index in [9.17, 15) is 14.4 Å². The summed E-state index contributed by atoms with van der Waals surface area (Å²) in [6.45, 7) is 1.73. The summed E-state index contributed by atoms with van der Waals surface area (Å²) < 4.78 is 11.0. The van der Waals surface area contributed by atoms with E-state index in [0.29, 0.717) is 30.2 Å². The van der Waals surface area contributed by atoms with E-state index in [4.69, 9.17) is 9.47 Å². The second kappa shape index (κ2) is 14.0. The van der Waals surface area contributed by atoms with Crippen molar-refractivity contribution < 1.29 is 23.9 Å². The Labute approximate surface area is 243 Å². The Hall–Kier alpha value is -4.15. The summed E-state index contributed by atoms with van der Waals surface area (Å²) in [5, 5.41) is 6.78. The van der Waals surface area contributed by atoms with Crippen molar-refractivity contribution >= 4 is 35.7 Å². The maximum Gasteiger partial charge on any atom is 0.271 e. The third-order valence-electron chi connectivity index (χ3n) is 6.80. The molecule has 5 rings (SSSR count). The first-order valence-corrected chi connectivity index (χ1v) is 14.6. The van der Waals surface area contributed by atoms with Crippen LogP contribution in [0.3, 0.4) is 0 Å². The molecule has 2 aliphatic rings. The van der Waals surface area contributed by atoms with Gasteiger partial charge >= 0.3 is 0 Å². The molecule has 3 aromatic rings. The molecule has 0 saturated carbocycles. The molecule has 2 N–H and O–H groups in total. The number of ether oxygens (including phenoxy) is 2. The van der Waals surface area contributed by atoms with Crippen LogP contribution in [0.5, 0.6) is 5.75 Å². The van der Waals surface area contributed by atoms with Crippen molar-refractivity contribution in [2.75, 3.05) is 25.5 Å². The Balaban J connectivity index is 1.07. The number of carbonyl (C=O) groups is 3. The van der Waals surface area contributed by atoms with Crippen LogP contribution in [0.25, 0.3) is 0 Å². The highest BCUT2D eigenvalue weighted by Gasteiger charge is 2.32. The number of rotatable bonds is 11. The standard InChI is InChI=1S/C31H32N4O5S/c36-28(32-18-27-7-4-16-39-27)20-40-26-14-8-22(9-15-26)17-33-34-30(38)24-10-12-25(13-11-24)31-35(29(37)21-41-31)19-23-5-2-1-3-6-23/h1-3,5-6,8-15,17,27,31H,4,7,16,18-21H2,(H,32,36)(H,34,38)/b33-17-/t27-,31+/m0/s1. The van der Waals surface area contributed by atoms with Gasteiger partial charge < -0.3 is 19.7 Å². The maximum absolute atomic E-state index is 12.6. The van der Waals surface area contributed by atoms with Crippen molar-refractivity contribution in [1.82, 2.24) is 15.6 Å². The third kappa shape index (κ3) is 7.96. The molecule has 3 aromatic carbocycles. The average molecular weight is 573 g/mol. The maximum atomic E-state index is 12.6. The van der Waals surface area contributed by atoms with Crippen molar-refractivity contribution in [3.05, 3.63) is 101 Å². The van der Waals surface area contributed by atoms with Gasteiger partial charge in [0.2, 0.25) is 5.91 Å². The Morgan fingerprint density at radius 2 is 1.83 bits per heavy atom. The fourth-order valence-electron chi connectivity index (χ4n) is 4.59. The lowest BCUT2D eigenvalue weighted by molar-refractivity contribution is -0.128. The van der Waals surface area contributed by atoms with Crippen LogP contribution in [-0.2, 0) is 20.9 Å². The number of hydrogen-bond donors (Lipinski definition) is 2. The third-order valence-corrected chi connectivity index (χ3v) is 8.06. The summed E-state index contributed by atoms with van der Waals surface area (Å²) in [7, 11) is 0. The Kier molecular flexibility index (Phi) is 9.66. The summed E-state index contributed by atoms with van der Waals surface area (Å²) >= 11 is 1.59. The van der Waals surface area contributed by atoms with Crippen molar-refractivity contribution in [2.45, 2.75) is 30.9 Å². The van der Waals surface area contributed by atoms with E-state index in [1.807, 2.05) is 47.4 Å². The molecule has 41 heavy (non-hydrogen) atoms. The zero-order chi connectivity index (χ0) is 28.4. The van der Waals surface area contributed by atoms with Gasteiger partial charge in [0.15, 0.2) is 6.61 Å². The van der Waals surface area contributed by atoms with Gasteiger partial charge in [-0.25, -0.2) is 5.43 Å². The molecular weight excluding hydrogens is 540 g/mol. The van der Waals surface area contributed by atoms with E-state index in [-0.39, 0.29) is 35.8 Å². The van der Waals surface area contributed by atoms with Gasteiger partial charge in [-0.3, -0.25) is 14.4 Å². The smallest absolute Gasteiger partial charge is 0.271 e. The number of thioether (sulfide) groups is 1. The quantitative estimate of drug-likeness (QED) is 0.267. The van der Waals surface area contributed by atoms with Crippen molar-refractivity contribution in [3.8, 4) is 5.75 Å². The SMILES string of the molecule is O=C(COc1ccc(/C=N\NC(=O)c2ccc([C@H]3SCC(=O)N3Cc3ccccc3)cc2)cc1)NC[C@@H]1CCCO1. The van der Waals surface area contributed by atoms with Crippen LogP contribution in [0.4, 0.5) is 0 Å². The second-order valence-corrected chi connectivity index (χ2v) is 10.9. The number of benzene rings is 3. The zero-order valence-electron chi connectivity index (χ0n) is 22.5. The highest BCUT2D eigenvalue weighted by atomic mass is 32.2. The summed E-state index contributed by atoms with van der Waals surface area (Å²) in [6.07, 6.45) is 3.62. The molecule has 9 nitrogen and oxygen atoms in total. The van der Waals surface area contributed by atoms with Crippen molar-refractivity contribution in [1.29, 1.82) is 0 Å². The van der Waals surface area contributed by atoms with Crippen LogP contribution in [-0.4, -0.2) is 60.5 Å². The molecule has 2 saturated heterocycles. The Morgan fingerprint density at radius 3 is 2.56 bits per heavy atom. The van der Waals surface area contributed by atoms with E-state index in [1.165, 1.54) is 6.21 Å². The van der Waals surface area contributed by atoms with Crippen LogP contribution in [0, 0.1) is 0 Å². The number of carbonyl (C=O) groups excluding carboxylic acids is 3. The first kappa shape index (κ1) is 28.4. The lowest BCUT2D eigenvalue weighted by Crippen LogP contribution is -2.35. The van der Waals surface area contributed by atoms with Gasteiger partial charge in [0.1, 0.15) is 11.1 Å². The van der Waals surface area contributed by atoms with Gasteiger partial charge in [-0.15, -0.1) is 11.8 Å². The highest BCUT2D eigenvalue weighted by Crippen LogP contribution is 2.39. The van der Waals surface area contributed by atoms with Gasteiger partial charge in [-0.1, -0.05) is 42.5 Å². The molecule has 212 valence electrons. The largest absolute Gasteiger partial charge is 0.484 e. The number of nitrogens with one attached hydrogen (secondary N) is 2. The Bertz CT molecular complexity index is 1360. The monoisotopic (exact) mass is 572 g/mol. The summed E-state index contributed by atoms with van der Waals surface area (Å²) in [6, 6.07) is 24.2. The van der Waals surface area contributed by atoms with Gasteiger partial charge in [0, 0.05) is 25.3 Å². The molecule has 2 atom stereocenters. The van der Waals surface area contributed by atoms with Crippen LogP contribution >= 0.6 is 11.8 Å². The van der Waals surface area contributed by atoms with Crippen molar-refractivity contribution in [3.63, 3.8) is 0 Å². The van der Waals surface area contributed by atoms with Gasteiger partial charge in [-0.05, 0) is 65.9 Å². The zero-order valence-corrected chi connectivity index (χ0v) is 23.3. The van der Waals surface area contributed by atoms with E-state index in [2.05, 4.69) is 15.8 Å². The van der Waals surface area contributed by atoms with E-state index in [0.717, 1.165) is 36.1 Å². The van der Waals surface area contributed by atoms with E-state index in [1.54, 1.807) is 48.2 Å². The van der Waals surface area contributed by atoms with Crippen LogP contribution < -0.4 is 15.5 Å². The molecule has 3 amide bonds.